The van der Waals surface area contributed by atoms with Gasteiger partial charge in [-0.3, -0.25) is 9.69 Å². The summed E-state index contributed by atoms with van der Waals surface area (Å²) in [6.45, 7) is 4.29. The zero-order chi connectivity index (χ0) is 15.9. The van der Waals surface area contributed by atoms with Crippen molar-refractivity contribution in [3.05, 3.63) is 41.7 Å². The van der Waals surface area contributed by atoms with Crippen LogP contribution in [0.25, 0.3) is 0 Å². The number of hydrogen-bond donors (Lipinski definition) is 0. The first-order valence-corrected chi connectivity index (χ1v) is 7.58. The van der Waals surface area contributed by atoms with Gasteiger partial charge in [0.25, 0.3) is 5.91 Å². The zero-order valence-corrected chi connectivity index (χ0v) is 13.7. The van der Waals surface area contributed by atoms with E-state index in [0.717, 1.165) is 30.3 Å². The van der Waals surface area contributed by atoms with Gasteiger partial charge < -0.3 is 14.0 Å². The second-order valence-electron chi connectivity index (χ2n) is 6.06. The molecule has 1 atom stereocenters. The van der Waals surface area contributed by atoms with Crippen LogP contribution in [0.1, 0.15) is 28.0 Å². The Kier molecular flexibility index (Phi) is 3.78. The van der Waals surface area contributed by atoms with Crippen molar-refractivity contribution in [2.24, 2.45) is 14.1 Å². The minimum atomic E-state index is 0.0999. The van der Waals surface area contributed by atoms with E-state index in [9.17, 15) is 4.79 Å². The van der Waals surface area contributed by atoms with Gasteiger partial charge in [-0.25, -0.2) is 4.98 Å². The van der Waals surface area contributed by atoms with Crippen LogP contribution in [0.5, 0.6) is 0 Å². The molecule has 0 saturated carbocycles. The van der Waals surface area contributed by atoms with E-state index in [2.05, 4.69) is 16.9 Å². The molecule has 2 aromatic heterocycles. The maximum absolute atomic E-state index is 12.8. The molecule has 0 radical (unpaired) electrons. The third kappa shape index (κ3) is 2.43. The van der Waals surface area contributed by atoms with Crippen molar-refractivity contribution in [2.45, 2.75) is 13.0 Å². The number of carbonyl (C=O) groups is 1. The molecule has 1 amide bonds. The Balaban J connectivity index is 1.83. The molecule has 118 valence electrons. The molecule has 3 rings (SSSR count). The van der Waals surface area contributed by atoms with Gasteiger partial charge in [0.1, 0.15) is 11.5 Å². The van der Waals surface area contributed by atoms with Crippen LogP contribution in [0, 0.1) is 6.92 Å². The molecule has 22 heavy (non-hydrogen) atoms. The van der Waals surface area contributed by atoms with Crippen molar-refractivity contribution in [3.63, 3.8) is 0 Å². The SMILES string of the molecule is Cc1ccc(C(=O)N2CCN(C)[C@H](c3nccn3C)C2)n1C. The van der Waals surface area contributed by atoms with Crippen LogP contribution in [0.3, 0.4) is 0 Å². The molecule has 1 saturated heterocycles. The molecule has 0 unspecified atom stereocenters. The van der Waals surface area contributed by atoms with Gasteiger partial charge in [-0.15, -0.1) is 0 Å². The van der Waals surface area contributed by atoms with Crippen molar-refractivity contribution < 1.29 is 4.79 Å². The second-order valence-corrected chi connectivity index (χ2v) is 6.06. The van der Waals surface area contributed by atoms with E-state index in [1.807, 2.05) is 59.6 Å². The fourth-order valence-corrected chi connectivity index (χ4v) is 3.03. The Labute approximate surface area is 131 Å². The summed E-state index contributed by atoms with van der Waals surface area (Å²) in [5, 5.41) is 0. The monoisotopic (exact) mass is 301 g/mol. The number of amides is 1. The lowest BCUT2D eigenvalue weighted by Gasteiger charge is -2.39. The predicted molar refractivity (Wildman–Crippen MR) is 84.6 cm³/mol. The van der Waals surface area contributed by atoms with Gasteiger partial charge in [0.05, 0.1) is 6.04 Å². The molecule has 0 N–H and O–H groups in total. The number of rotatable bonds is 2. The van der Waals surface area contributed by atoms with Gasteiger partial charge in [0.15, 0.2) is 0 Å². The maximum atomic E-state index is 12.8. The minimum absolute atomic E-state index is 0.0999. The average Bonchev–Trinajstić information content (AvgIpc) is 3.06. The first-order chi connectivity index (χ1) is 10.5. The van der Waals surface area contributed by atoms with Gasteiger partial charge in [-0.2, -0.15) is 0 Å². The summed E-state index contributed by atoms with van der Waals surface area (Å²) in [5.74, 6) is 1.10. The number of imidazole rings is 1. The summed E-state index contributed by atoms with van der Waals surface area (Å²) in [5.41, 5.74) is 1.85. The number of aromatic nitrogens is 3. The van der Waals surface area contributed by atoms with Crippen LogP contribution in [0.4, 0.5) is 0 Å². The van der Waals surface area contributed by atoms with Crippen LogP contribution in [-0.4, -0.2) is 56.5 Å². The summed E-state index contributed by atoms with van der Waals surface area (Å²) in [6, 6.07) is 4.03. The fourth-order valence-electron chi connectivity index (χ4n) is 3.03. The lowest BCUT2D eigenvalue weighted by molar-refractivity contribution is 0.0520. The predicted octanol–water partition coefficient (Wildman–Crippen LogP) is 1.20. The number of likely N-dealkylation sites (N-methyl/N-ethyl adjacent to an activating group) is 1. The summed E-state index contributed by atoms with van der Waals surface area (Å²) in [7, 11) is 6.03. The van der Waals surface area contributed by atoms with E-state index in [4.69, 9.17) is 0 Å². The Hall–Kier alpha value is -2.08. The van der Waals surface area contributed by atoms with Crippen LogP contribution in [0.2, 0.25) is 0 Å². The van der Waals surface area contributed by atoms with Crippen molar-refractivity contribution in [1.82, 2.24) is 23.9 Å². The molecule has 6 heteroatoms. The van der Waals surface area contributed by atoms with E-state index in [0.29, 0.717) is 6.54 Å². The molecular weight excluding hydrogens is 278 g/mol. The van der Waals surface area contributed by atoms with E-state index in [1.54, 1.807) is 0 Å². The second kappa shape index (κ2) is 5.61. The summed E-state index contributed by atoms with van der Waals surface area (Å²) < 4.78 is 3.98. The quantitative estimate of drug-likeness (QED) is 0.837. The Morgan fingerprint density at radius 1 is 1.23 bits per heavy atom. The van der Waals surface area contributed by atoms with Crippen molar-refractivity contribution in [1.29, 1.82) is 0 Å². The molecule has 0 aliphatic carbocycles. The number of nitrogens with zero attached hydrogens (tertiary/aromatic N) is 5. The zero-order valence-electron chi connectivity index (χ0n) is 13.7. The number of carbonyl (C=O) groups excluding carboxylic acids is 1. The smallest absolute Gasteiger partial charge is 0.270 e. The van der Waals surface area contributed by atoms with Gasteiger partial charge >= 0.3 is 0 Å². The Morgan fingerprint density at radius 2 is 2.00 bits per heavy atom. The lowest BCUT2D eigenvalue weighted by Crippen LogP contribution is -2.49. The highest BCUT2D eigenvalue weighted by Crippen LogP contribution is 2.23. The third-order valence-corrected chi connectivity index (χ3v) is 4.68. The highest BCUT2D eigenvalue weighted by atomic mass is 16.2. The minimum Gasteiger partial charge on any atom is -0.344 e. The first-order valence-electron chi connectivity index (χ1n) is 7.58. The van der Waals surface area contributed by atoms with Gasteiger partial charge in [-0.1, -0.05) is 0 Å². The van der Waals surface area contributed by atoms with Crippen molar-refractivity contribution in [2.75, 3.05) is 26.7 Å². The molecular formula is C16H23N5O. The van der Waals surface area contributed by atoms with Gasteiger partial charge in [-0.05, 0) is 26.1 Å². The van der Waals surface area contributed by atoms with E-state index in [-0.39, 0.29) is 11.9 Å². The summed E-state index contributed by atoms with van der Waals surface area (Å²) in [4.78, 5) is 21.5. The Bertz CT molecular complexity index is 687. The molecule has 3 heterocycles. The average molecular weight is 301 g/mol. The van der Waals surface area contributed by atoms with Crippen LogP contribution in [0.15, 0.2) is 24.5 Å². The molecule has 1 aliphatic rings. The van der Waals surface area contributed by atoms with Crippen molar-refractivity contribution >= 4 is 5.91 Å². The number of hydrogen-bond acceptors (Lipinski definition) is 3. The molecule has 6 nitrogen and oxygen atoms in total. The lowest BCUT2D eigenvalue weighted by atomic mass is 10.1. The highest BCUT2D eigenvalue weighted by Gasteiger charge is 2.31. The molecule has 1 fully saturated rings. The Morgan fingerprint density at radius 3 is 2.59 bits per heavy atom. The van der Waals surface area contributed by atoms with Crippen LogP contribution < -0.4 is 0 Å². The molecule has 0 aromatic carbocycles. The van der Waals surface area contributed by atoms with Crippen LogP contribution >= 0.6 is 0 Å². The van der Waals surface area contributed by atoms with E-state index in [1.165, 1.54) is 0 Å². The first kappa shape index (κ1) is 14.8. The number of aryl methyl sites for hydroxylation is 2. The topological polar surface area (TPSA) is 46.3 Å². The fraction of sp³-hybridized carbons (Fsp3) is 0.500. The standard InChI is InChI=1S/C16H23N5O/c1-12-5-6-13(20(12)4)16(22)21-10-9-18(2)14(11-21)15-17-7-8-19(15)3/h5-8,14H,9-11H2,1-4H3/t14-/m0/s1. The summed E-state index contributed by atoms with van der Waals surface area (Å²) >= 11 is 0. The van der Waals surface area contributed by atoms with E-state index < -0.39 is 0 Å². The maximum Gasteiger partial charge on any atom is 0.270 e. The third-order valence-electron chi connectivity index (χ3n) is 4.68. The largest absolute Gasteiger partial charge is 0.344 e. The molecule has 2 aromatic rings. The number of piperazine rings is 1. The molecule has 0 spiro atoms. The van der Waals surface area contributed by atoms with Gasteiger partial charge in [0, 0.05) is 51.8 Å². The van der Waals surface area contributed by atoms with Crippen LogP contribution in [-0.2, 0) is 14.1 Å². The highest BCUT2D eigenvalue weighted by molar-refractivity contribution is 5.93. The summed E-state index contributed by atoms with van der Waals surface area (Å²) in [6.07, 6.45) is 3.76. The van der Waals surface area contributed by atoms with Crippen molar-refractivity contribution in [3.8, 4) is 0 Å². The normalized spacial score (nSPS) is 19.6. The molecule has 1 aliphatic heterocycles. The molecule has 0 bridgehead atoms. The van der Waals surface area contributed by atoms with Gasteiger partial charge in [0.2, 0.25) is 0 Å². The van der Waals surface area contributed by atoms with E-state index >= 15 is 0 Å².